The van der Waals surface area contributed by atoms with Crippen LogP contribution in [-0.2, 0) is 9.53 Å². The molecule has 4 nitrogen and oxygen atoms in total. The highest BCUT2D eigenvalue weighted by atomic mass is 16.5. The Morgan fingerprint density at radius 1 is 1.41 bits per heavy atom. The van der Waals surface area contributed by atoms with Gasteiger partial charge in [-0.15, -0.1) is 0 Å². The maximum absolute atomic E-state index is 11.1. The molecule has 0 saturated carbocycles. The summed E-state index contributed by atoms with van der Waals surface area (Å²) in [6.07, 6.45) is 0. The van der Waals surface area contributed by atoms with Crippen molar-refractivity contribution in [2.24, 2.45) is 0 Å². The van der Waals surface area contributed by atoms with Gasteiger partial charge in [-0.2, -0.15) is 0 Å². The van der Waals surface area contributed by atoms with Gasteiger partial charge in [-0.25, -0.2) is 9.59 Å². The van der Waals surface area contributed by atoms with Gasteiger partial charge >= 0.3 is 11.9 Å². The van der Waals surface area contributed by atoms with Gasteiger partial charge in [0.25, 0.3) is 0 Å². The third kappa shape index (κ3) is 3.35. The van der Waals surface area contributed by atoms with E-state index >= 15 is 0 Å². The van der Waals surface area contributed by atoms with Crippen molar-refractivity contribution in [3.63, 3.8) is 0 Å². The molecule has 1 aromatic rings. The Morgan fingerprint density at radius 2 is 2.12 bits per heavy atom. The number of ether oxygens (including phenoxy) is 1. The Hall–Kier alpha value is -2.28. The fourth-order valence-corrected chi connectivity index (χ4v) is 1.29. The number of aryl methyl sites for hydroxylation is 1. The van der Waals surface area contributed by atoms with Crippen molar-refractivity contribution in [2.75, 3.05) is 6.61 Å². The summed E-state index contributed by atoms with van der Waals surface area (Å²) in [6, 6.07) is 4.82. The molecule has 0 saturated heterocycles. The number of benzene rings is 1. The summed E-state index contributed by atoms with van der Waals surface area (Å²) in [5.74, 6) is 3.08. The Morgan fingerprint density at radius 3 is 2.71 bits per heavy atom. The summed E-state index contributed by atoms with van der Waals surface area (Å²) in [5, 5.41) is 8.97. The first-order valence-corrected chi connectivity index (χ1v) is 5.08. The average Bonchev–Trinajstić information content (AvgIpc) is 2.27. The fourth-order valence-electron chi connectivity index (χ4n) is 1.29. The van der Waals surface area contributed by atoms with Crippen LogP contribution in [0.25, 0.3) is 0 Å². The highest BCUT2D eigenvalue weighted by molar-refractivity contribution is 5.93. The lowest BCUT2D eigenvalue weighted by Gasteiger charge is -2.02. The number of carbonyl (C=O) groups is 2. The summed E-state index contributed by atoms with van der Waals surface area (Å²) in [4.78, 5) is 22.0. The molecule has 0 fully saturated rings. The van der Waals surface area contributed by atoms with Crippen LogP contribution < -0.4 is 0 Å². The van der Waals surface area contributed by atoms with E-state index in [0.29, 0.717) is 11.1 Å². The smallest absolute Gasteiger partial charge is 0.384 e. The summed E-state index contributed by atoms with van der Waals surface area (Å²) in [5.41, 5.74) is 1.14. The second-order valence-electron chi connectivity index (χ2n) is 3.27. The van der Waals surface area contributed by atoms with E-state index < -0.39 is 11.9 Å². The molecule has 1 rings (SSSR count). The first-order valence-electron chi connectivity index (χ1n) is 5.08. The molecule has 0 spiro atoms. The molecule has 4 heteroatoms. The van der Waals surface area contributed by atoms with E-state index in [2.05, 4.69) is 16.6 Å². The van der Waals surface area contributed by atoms with Gasteiger partial charge in [0.2, 0.25) is 0 Å². The van der Waals surface area contributed by atoms with Gasteiger partial charge in [0.15, 0.2) is 0 Å². The minimum absolute atomic E-state index is 0.0850. The molecular weight excluding hydrogens is 220 g/mol. The predicted molar refractivity (Wildman–Crippen MR) is 61.6 cm³/mol. The number of rotatable bonds is 2. The molecular formula is C13H12O4. The molecule has 0 unspecified atom stereocenters. The van der Waals surface area contributed by atoms with Crippen molar-refractivity contribution in [2.45, 2.75) is 13.8 Å². The van der Waals surface area contributed by atoms with Crippen LogP contribution in [0, 0.1) is 18.8 Å². The van der Waals surface area contributed by atoms with Gasteiger partial charge in [0, 0.05) is 11.5 Å². The zero-order chi connectivity index (χ0) is 12.8. The molecule has 0 heterocycles. The lowest BCUT2D eigenvalue weighted by Crippen LogP contribution is -2.03. The van der Waals surface area contributed by atoms with Crippen molar-refractivity contribution < 1.29 is 19.4 Å². The number of aromatic carboxylic acids is 1. The highest BCUT2D eigenvalue weighted by Gasteiger charge is 2.09. The number of hydrogen-bond donors (Lipinski definition) is 1. The Labute approximate surface area is 99.2 Å². The number of carboxylic acid groups (broad SMARTS) is 1. The molecule has 1 aromatic carbocycles. The minimum Gasteiger partial charge on any atom is -0.478 e. The average molecular weight is 232 g/mol. The molecule has 0 atom stereocenters. The fraction of sp³-hybridized carbons (Fsp3) is 0.231. The topological polar surface area (TPSA) is 63.6 Å². The van der Waals surface area contributed by atoms with Crippen LogP contribution in [0.3, 0.4) is 0 Å². The van der Waals surface area contributed by atoms with E-state index in [9.17, 15) is 9.59 Å². The summed E-state index contributed by atoms with van der Waals surface area (Å²) < 4.78 is 4.64. The maximum atomic E-state index is 11.1. The first-order chi connectivity index (χ1) is 8.06. The van der Waals surface area contributed by atoms with Crippen LogP contribution in [0.1, 0.15) is 28.4 Å². The van der Waals surface area contributed by atoms with Gasteiger partial charge in [-0.1, -0.05) is 18.1 Å². The first kappa shape index (κ1) is 12.8. The Bertz CT molecular complexity index is 506. The molecule has 0 aliphatic heterocycles. The number of carbonyl (C=O) groups excluding carboxylic acids is 1. The monoisotopic (exact) mass is 232 g/mol. The highest BCUT2D eigenvalue weighted by Crippen LogP contribution is 2.12. The van der Waals surface area contributed by atoms with Crippen LogP contribution in [0.5, 0.6) is 0 Å². The zero-order valence-electron chi connectivity index (χ0n) is 9.61. The van der Waals surface area contributed by atoms with Crippen molar-refractivity contribution in [1.29, 1.82) is 0 Å². The summed E-state index contributed by atoms with van der Waals surface area (Å²) in [6.45, 7) is 3.66. The molecule has 0 aliphatic rings. The third-order valence-corrected chi connectivity index (χ3v) is 2.07. The second kappa shape index (κ2) is 5.71. The van der Waals surface area contributed by atoms with Crippen LogP contribution in [-0.4, -0.2) is 23.7 Å². The van der Waals surface area contributed by atoms with Crippen molar-refractivity contribution in [1.82, 2.24) is 0 Å². The van der Waals surface area contributed by atoms with E-state index in [1.807, 2.05) is 0 Å². The molecule has 88 valence electrons. The van der Waals surface area contributed by atoms with Gasteiger partial charge in [-0.05, 0) is 25.5 Å². The number of esters is 1. The third-order valence-electron chi connectivity index (χ3n) is 2.07. The Balaban J connectivity index is 3.13. The van der Waals surface area contributed by atoms with Gasteiger partial charge in [0.05, 0.1) is 12.2 Å². The van der Waals surface area contributed by atoms with E-state index in [0.717, 1.165) is 0 Å². The molecule has 0 radical (unpaired) electrons. The Kier molecular flexibility index (Phi) is 4.29. The maximum Gasteiger partial charge on any atom is 0.384 e. The molecule has 17 heavy (non-hydrogen) atoms. The summed E-state index contributed by atoms with van der Waals surface area (Å²) >= 11 is 0. The summed E-state index contributed by atoms with van der Waals surface area (Å²) in [7, 11) is 0. The van der Waals surface area contributed by atoms with Gasteiger partial charge < -0.3 is 9.84 Å². The largest absolute Gasteiger partial charge is 0.478 e. The minimum atomic E-state index is -1.07. The van der Waals surface area contributed by atoms with E-state index in [-0.39, 0.29) is 12.2 Å². The number of carboxylic acids is 1. The van der Waals surface area contributed by atoms with E-state index in [1.54, 1.807) is 26.0 Å². The molecule has 0 bridgehead atoms. The van der Waals surface area contributed by atoms with Crippen molar-refractivity contribution in [3.8, 4) is 11.8 Å². The van der Waals surface area contributed by atoms with Crippen LogP contribution in [0.2, 0.25) is 0 Å². The second-order valence-corrected chi connectivity index (χ2v) is 3.27. The number of hydrogen-bond acceptors (Lipinski definition) is 3. The molecule has 0 aliphatic carbocycles. The van der Waals surface area contributed by atoms with Gasteiger partial charge in [-0.3, -0.25) is 0 Å². The normalized spacial score (nSPS) is 9.06. The standard InChI is InChI=1S/C13H12O4/c1-3-17-12(14)8-7-10-9(2)5-4-6-11(10)13(15)16/h4-6H,3H2,1-2H3,(H,15,16). The van der Waals surface area contributed by atoms with Crippen LogP contribution >= 0.6 is 0 Å². The van der Waals surface area contributed by atoms with E-state index in [1.165, 1.54) is 6.07 Å². The lowest BCUT2D eigenvalue weighted by atomic mass is 10.0. The molecule has 0 amide bonds. The molecule has 1 N–H and O–H groups in total. The van der Waals surface area contributed by atoms with Crippen LogP contribution in [0.4, 0.5) is 0 Å². The van der Waals surface area contributed by atoms with Crippen LogP contribution in [0.15, 0.2) is 18.2 Å². The quantitative estimate of drug-likeness (QED) is 0.621. The molecule has 0 aromatic heterocycles. The zero-order valence-corrected chi connectivity index (χ0v) is 9.61. The van der Waals surface area contributed by atoms with Gasteiger partial charge in [0.1, 0.15) is 0 Å². The lowest BCUT2D eigenvalue weighted by molar-refractivity contribution is -0.136. The SMILES string of the molecule is CCOC(=O)C#Cc1c(C)cccc1C(=O)O. The van der Waals surface area contributed by atoms with E-state index in [4.69, 9.17) is 5.11 Å². The predicted octanol–water partition coefficient (Wildman–Crippen LogP) is 1.61. The van der Waals surface area contributed by atoms with Crippen molar-refractivity contribution in [3.05, 3.63) is 34.9 Å². The van der Waals surface area contributed by atoms with Crippen molar-refractivity contribution >= 4 is 11.9 Å².